The van der Waals surface area contributed by atoms with E-state index in [1.165, 1.54) is 28.8 Å². The largest absolute Gasteiger partial charge is 0.496 e. The van der Waals surface area contributed by atoms with Gasteiger partial charge in [0.2, 0.25) is 0 Å². The van der Waals surface area contributed by atoms with Gasteiger partial charge in [-0.15, -0.1) is 0 Å². The van der Waals surface area contributed by atoms with Gasteiger partial charge in [-0.3, -0.25) is 0 Å². The number of aryl methyl sites for hydroxylation is 1. The molecule has 1 heterocycles. The summed E-state index contributed by atoms with van der Waals surface area (Å²) in [4.78, 5) is 0. The third-order valence-corrected chi connectivity index (χ3v) is 6.03. The maximum Gasteiger partial charge on any atom is 0.129 e. The van der Waals surface area contributed by atoms with Crippen LogP contribution >= 0.6 is 0 Å². The Morgan fingerprint density at radius 1 is 1.00 bits per heavy atom. The first-order valence-electron chi connectivity index (χ1n) is 11.1. The fraction of sp³-hybridized carbons (Fsp3) is 0.286. The zero-order valence-electron chi connectivity index (χ0n) is 19.5. The smallest absolute Gasteiger partial charge is 0.129 e. The number of rotatable bonds is 6. The van der Waals surface area contributed by atoms with E-state index in [9.17, 15) is 4.39 Å². The number of methoxy groups -OCH3 is 1. The van der Waals surface area contributed by atoms with Gasteiger partial charge in [-0.05, 0) is 79.8 Å². The standard InChI is InChI=1S/C28H31FN2O/c1-6-19-7-10-21(11-8-19)30-17-24-22(23-12-9-20(29)15-26(23)32-5)13-14-25-27(24)18(2)16-28(3,4)31-25/h7-16,30-31H,6,17H2,1-5H3. The van der Waals surface area contributed by atoms with Gasteiger partial charge in [0.05, 0.1) is 12.6 Å². The lowest BCUT2D eigenvalue weighted by atomic mass is 9.85. The molecule has 1 aliphatic rings. The molecule has 3 aromatic rings. The Morgan fingerprint density at radius 2 is 1.72 bits per heavy atom. The fourth-order valence-electron chi connectivity index (χ4n) is 4.57. The van der Waals surface area contributed by atoms with Gasteiger partial charge in [-0.2, -0.15) is 0 Å². The summed E-state index contributed by atoms with van der Waals surface area (Å²) in [6, 6.07) is 17.5. The third kappa shape index (κ3) is 4.36. The maximum atomic E-state index is 13.9. The van der Waals surface area contributed by atoms with Crippen LogP contribution in [0.25, 0.3) is 16.7 Å². The van der Waals surface area contributed by atoms with Gasteiger partial charge >= 0.3 is 0 Å². The van der Waals surface area contributed by atoms with Gasteiger partial charge in [0, 0.05) is 35.1 Å². The number of benzene rings is 3. The summed E-state index contributed by atoms with van der Waals surface area (Å²) in [5.74, 6) is 0.225. The predicted molar refractivity (Wildman–Crippen MR) is 133 cm³/mol. The highest BCUT2D eigenvalue weighted by Gasteiger charge is 2.26. The predicted octanol–water partition coefficient (Wildman–Crippen LogP) is 7.28. The zero-order chi connectivity index (χ0) is 22.9. The molecular weight excluding hydrogens is 399 g/mol. The highest BCUT2D eigenvalue weighted by molar-refractivity contribution is 5.88. The average Bonchev–Trinajstić information content (AvgIpc) is 2.77. The highest BCUT2D eigenvalue weighted by Crippen LogP contribution is 2.42. The molecule has 166 valence electrons. The number of allylic oxidation sites excluding steroid dienone is 1. The molecule has 4 heteroatoms. The Bertz CT molecular complexity index is 1160. The molecule has 0 fully saturated rings. The maximum absolute atomic E-state index is 13.9. The molecular formula is C28H31FN2O. The summed E-state index contributed by atoms with van der Waals surface area (Å²) in [7, 11) is 1.58. The minimum atomic E-state index is -0.307. The monoisotopic (exact) mass is 430 g/mol. The van der Waals surface area contributed by atoms with E-state index in [0.717, 1.165) is 34.5 Å². The molecule has 0 bridgehead atoms. The summed E-state index contributed by atoms with van der Waals surface area (Å²) >= 11 is 0. The molecule has 2 N–H and O–H groups in total. The van der Waals surface area contributed by atoms with E-state index in [1.807, 2.05) is 0 Å². The summed E-state index contributed by atoms with van der Waals surface area (Å²) in [6.07, 6.45) is 3.28. The van der Waals surface area contributed by atoms with Crippen molar-refractivity contribution in [3.8, 4) is 16.9 Å². The van der Waals surface area contributed by atoms with Crippen molar-refractivity contribution in [2.24, 2.45) is 0 Å². The first kappa shape index (κ1) is 21.9. The van der Waals surface area contributed by atoms with E-state index in [4.69, 9.17) is 4.74 Å². The second-order valence-corrected chi connectivity index (χ2v) is 8.94. The molecule has 3 aromatic carbocycles. The van der Waals surface area contributed by atoms with Gasteiger partial charge in [0.25, 0.3) is 0 Å². The lowest BCUT2D eigenvalue weighted by molar-refractivity contribution is 0.413. The van der Waals surface area contributed by atoms with Crippen LogP contribution in [0.5, 0.6) is 5.75 Å². The van der Waals surface area contributed by atoms with Crippen molar-refractivity contribution in [3.63, 3.8) is 0 Å². The first-order chi connectivity index (χ1) is 15.3. The number of nitrogens with one attached hydrogen (secondary N) is 2. The number of hydrogen-bond donors (Lipinski definition) is 2. The molecule has 0 spiro atoms. The van der Waals surface area contributed by atoms with Crippen LogP contribution in [0.4, 0.5) is 15.8 Å². The molecule has 0 unspecified atom stereocenters. The topological polar surface area (TPSA) is 33.3 Å². The molecule has 0 saturated heterocycles. The lowest BCUT2D eigenvalue weighted by Gasteiger charge is -2.33. The van der Waals surface area contributed by atoms with E-state index in [1.54, 1.807) is 13.2 Å². The van der Waals surface area contributed by atoms with Crippen molar-refractivity contribution < 1.29 is 9.13 Å². The fourth-order valence-corrected chi connectivity index (χ4v) is 4.57. The summed E-state index contributed by atoms with van der Waals surface area (Å²) in [5, 5.41) is 7.23. The van der Waals surface area contributed by atoms with Crippen LogP contribution in [-0.4, -0.2) is 12.6 Å². The van der Waals surface area contributed by atoms with Crippen molar-refractivity contribution in [2.45, 2.75) is 46.2 Å². The molecule has 1 aliphatic heterocycles. The normalized spacial score (nSPS) is 14.2. The van der Waals surface area contributed by atoms with Gasteiger partial charge in [-0.1, -0.05) is 31.2 Å². The number of hydrogen-bond acceptors (Lipinski definition) is 3. The van der Waals surface area contributed by atoms with Crippen LogP contribution in [0, 0.1) is 5.82 Å². The molecule has 0 aliphatic carbocycles. The number of ether oxygens (including phenoxy) is 1. The number of anilines is 2. The van der Waals surface area contributed by atoms with Crippen molar-refractivity contribution >= 4 is 16.9 Å². The molecule has 0 amide bonds. The van der Waals surface area contributed by atoms with Crippen LogP contribution in [0.1, 0.15) is 44.4 Å². The molecule has 4 rings (SSSR count). The van der Waals surface area contributed by atoms with Gasteiger partial charge in [-0.25, -0.2) is 4.39 Å². The van der Waals surface area contributed by atoms with E-state index < -0.39 is 0 Å². The van der Waals surface area contributed by atoms with E-state index in [-0.39, 0.29) is 11.4 Å². The lowest BCUT2D eigenvalue weighted by Crippen LogP contribution is -2.32. The number of fused-ring (bicyclic) bond motifs is 1. The van der Waals surface area contributed by atoms with Crippen LogP contribution in [0.3, 0.4) is 0 Å². The molecule has 3 nitrogen and oxygen atoms in total. The summed E-state index contributed by atoms with van der Waals surface area (Å²) in [5.41, 5.74) is 8.86. The van der Waals surface area contributed by atoms with E-state index >= 15 is 0 Å². The SMILES string of the molecule is CCc1ccc(NCc2c(-c3ccc(F)cc3OC)ccc3c2C(C)=CC(C)(C)N3)cc1. The van der Waals surface area contributed by atoms with E-state index in [0.29, 0.717) is 12.3 Å². The van der Waals surface area contributed by atoms with Crippen LogP contribution < -0.4 is 15.4 Å². The second kappa shape index (κ2) is 8.70. The first-order valence-corrected chi connectivity index (χ1v) is 11.1. The minimum Gasteiger partial charge on any atom is -0.496 e. The van der Waals surface area contributed by atoms with Crippen molar-refractivity contribution in [2.75, 3.05) is 17.7 Å². The minimum absolute atomic E-state index is 0.118. The quantitative estimate of drug-likeness (QED) is 0.431. The second-order valence-electron chi connectivity index (χ2n) is 8.94. The molecule has 0 aromatic heterocycles. The Balaban J connectivity index is 1.82. The van der Waals surface area contributed by atoms with Crippen molar-refractivity contribution in [3.05, 3.63) is 83.2 Å². The summed E-state index contributed by atoms with van der Waals surface area (Å²) in [6.45, 7) is 9.29. The van der Waals surface area contributed by atoms with Crippen LogP contribution in [0.15, 0.2) is 60.7 Å². The van der Waals surface area contributed by atoms with E-state index in [2.05, 4.69) is 80.8 Å². The Labute approximate surface area is 190 Å². The Morgan fingerprint density at radius 3 is 2.41 bits per heavy atom. The number of halogens is 1. The molecule has 32 heavy (non-hydrogen) atoms. The Hall–Kier alpha value is -3.27. The third-order valence-electron chi connectivity index (χ3n) is 6.03. The van der Waals surface area contributed by atoms with Crippen molar-refractivity contribution in [1.29, 1.82) is 0 Å². The molecule has 0 atom stereocenters. The Kier molecular flexibility index (Phi) is 5.96. The van der Waals surface area contributed by atoms with Gasteiger partial charge < -0.3 is 15.4 Å². The van der Waals surface area contributed by atoms with Gasteiger partial charge in [0.15, 0.2) is 0 Å². The van der Waals surface area contributed by atoms with Crippen molar-refractivity contribution in [1.82, 2.24) is 0 Å². The molecule has 0 saturated carbocycles. The van der Waals surface area contributed by atoms with Gasteiger partial charge in [0.1, 0.15) is 11.6 Å². The highest BCUT2D eigenvalue weighted by atomic mass is 19.1. The summed E-state index contributed by atoms with van der Waals surface area (Å²) < 4.78 is 19.4. The average molecular weight is 431 g/mol. The zero-order valence-corrected chi connectivity index (χ0v) is 19.5. The van der Waals surface area contributed by atoms with Crippen LogP contribution in [-0.2, 0) is 13.0 Å². The molecule has 0 radical (unpaired) electrons. The van der Waals surface area contributed by atoms with Crippen LogP contribution in [0.2, 0.25) is 0 Å².